The molecule has 2 aromatic carbocycles. The minimum Gasteiger partial charge on any atom is -0.504 e. The number of carbonyl (C=O) groups is 5. The third-order valence-corrected chi connectivity index (χ3v) is 16.9. The number of carbonyl (C=O) groups excluding carboxylic acids is 5. The molecule has 0 saturated heterocycles. The van der Waals surface area contributed by atoms with Gasteiger partial charge in [0.2, 0.25) is 22.7 Å². The first kappa shape index (κ1) is 80.2. The Morgan fingerprint density at radius 1 is 0.326 bits per heavy atom. The van der Waals surface area contributed by atoms with E-state index in [9.17, 15) is 34.2 Å². The highest BCUT2D eigenvalue weighted by molar-refractivity contribution is 5.99. The molecule has 0 bridgehead atoms. The summed E-state index contributed by atoms with van der Waals surface area (Å²) >= 11 is 0. The molecule has 0 unspecified atom stereocenters. The molecule has 522 valence electrons. The molecule has 3 aromatic rings. The molecule has 1 aromatic heterocycles. The molecule has 0 spiro atoms. The topological polar surface area (TPSA) is 230 Å². The van der Waals surface area contributed by atoms with Crippen LogP contribution in [0.2, 0.25) is 0 Å². The molecule has 0 aliphatic rings. The zero-order valence-corrected chi connectivity index (χ0v) is 57.6. The quantitative estimate of drug-likeness (QED) is 0.0134. The molecule has 0 aliphatic carbocycles. The Balaban J connectivity index is 2.28. The van der Waals surface area contributed by atoms with Gasteiger partial charge in [0.1, 0.15) is 5.39 Å². The molecular weight excluding hydrogens is 1170 g/mol. The molecule has 1 heterocycles. The minimum atomic E-state index is -1.18. The molecular formula is C75H120O17. The maximum atomic E-state index is 15.6. The van der Waals surface area contributed by atoms with Crippen molar-refractivity contribution in [3.8, 4) is 51.6 Å². The Hall–Kier alpha value is -6.00. The molecule has 0 saturated carbocycles. The third-order valence-electron chi connectivity index (χ3n) is 16.9. The van der Waals surface area contributed by atoms with Gasteiger partial charge in [0.05, 0.1) is 19.3 Å². The lowest BCUT2D eigenvalue weighted by atomic mass is 10.1. The summed E-state index contributed by atoms with van der Waals surface area (Å²) in [5, 5.41) is 20.6. The van der Waals surface area contributed by atoms with E-state index in [0.29, 0.717) is 44.9 Å². The van der Waals surface area contributed by atoms with Crippen LogP contribution in [0.15, 0.2) is 27.4 Å². The molecule has 0 fully saturated rings. The van der Waals surface area contributed by atoms with Crippen molar-refractivity contribution in [2.24, 2.45) is 0 Å². The van der Waals surface area contributed by atoms with Crippen molar-refractivity contribution in [3.05, 3.63) is 28.4 Å². The number of hydrogen-bond acceptors (Lipinski definition) is 17. The zero-order valence-electron chi connectivity index (χ0n) is 57.6. The van der Waals surface area contributed by atoms with Gasteiger partial charge < -0.3 is 24.1 Å². The lowest BCUT2D eigenvalue weighted by molar-refractivity contribution is -0.217. The van der Waals surface area contributed by atoms with Crippen molar-refractivity contribution in [3.63, 3.8) is 0 Å². The Morgan fingerprint density at radius 3 is 0.935 bits per heavy atom. The second kappa shape index (κ2) is 52.4. The Kier molecular flexibility index (Phi) is 45.7. The molecule has 0 atom stereocenters. The van der Waals surface area contributed by atoms with E-state index in [2.05, 4.69) is 34.6 Å². The van der Waals surface area contributed by atoms with E-state index >= 15 is 4.79 Å². The van der Waals surface area contributed by atoms with Crippen LogP contribution in [0.4, 0.5) is 0 Å². The average molecular weight is 1290 g/mol. The first-order chi connectivity index (χ1) is 44.9. The number of benzene rings is 2. The van der Waals surface area contributed by atoms with E-state index in [1.54, 1.807) is 0 Å². The van der Waals surface area contributed by atoms with Gasteiger partial charge in [-0.1, -0.05) is 291 Å². The number of unbranched alkanes of at least 4 members (excludes halogenated alkanes) is 40. The number of phenols is 2. The fourth-order valence-corrected chi connectivity index (χ4v) is 11.2. The summed E-state index contributed by atoms with van der Waals surface area (Å²) in [6, 6.07) is 3.47. The van der Waals surface area contributed by atoms with Crippen LogP contribution < -0.4 is 29.6 Å². The van der Waals surface area contributed by atoms with Gasteiger partial charge >= 0.3 is 29.8 Å². The highest BCUT2D eigenvalue weighted by Gasteiger charge is 2.37. The molecule has 17 heteroatoms. The third kappa shape index (κ3) is 34.8. The monoisotopic (exact) mass is 1290 g/mol. The summed E-state index contributed by atoms with van der Waals surface area (Å²) in [5.41, 5.74) is -1.92. The van der Waals surface area contributed by atoms with Crippen molar-refractivity contribution < 1.29 is 77.4 Å². The molecule has 0 radical (unpaired) electrons. The molecule has 2 N–H and O–H groups in total. The summed E-state index contributed by atoms with van der Waals surface area (Å²) in [6.07, 6.45) is 43.6. The van der Waals surface area contributed by atoms with Crippen LogP contribution in [-0.4, -0.2) is 40.1 Å². The van der Waals surface area contributed by atoms with E-state index in [-0.39, 0.29) is 37.7 Å². The van der Waals surface area contributed by atoms with Gasteiger partial charge in [-0.15, -0.1) is 0 Å². The van der Waals surface area contributed by atoms with Gasteiger partial charge in [-0.25, -0.2) is 14.4 Å². The van der Waals surface area contributed by atoms with Gasteiger partial charge in [-0.3, -0.25) is 43.7 Å². The molecule has 0 aliphatic heterocycles. The highest BCUT2D eigenvalue weighted by Crippen LogP contribution is 2.53. The smallest absolute Gasteiger partial charge is 0.355 e. The van der Waals surface area contributed by atoms with Crippen molar-refractivity contribution in [2.75, 3.05) is 0 Å². The molecule has 17 nitrogen and oxygen atoms in total. The zero-order chi connectivity index (χ0) is 66.7. The number of ether oxygens (including phenoxy) is 2. The minimum absolute atomic E-state index is 0.0655. The number of fused-ring (bicyclic) bond motifs is 1. The van der Waals surface area contributed by atoms with Crippen molar-refractivity contribution in [1.82, 2.24) is 0 Å². The SMILES string of the molecule is CCCCCCCCCCCC(=O)OOc1c(OC(=O)CCCCCCCCCCC)c(OOC(=O)CCCCCCCCCCC)c2c(=O)c(OOC(=O)CCCCCCCCCCC)c(-c3ccc(O)c(O)c3)oc2c1OC(=O)CCCCCCCCCCC. The van der Waals surface area contributed by atoms with E-state index in [1.807, 2.05) is 0 Å². The van der Waals surface area contributed by atoms with Crippen LogP contribution in [0.1, 0.15) is 356 Å². The van der Waals surface area contributed by atoms with Crippen LogP contribution in [-0.2, 0) is 38.6 Å². The van der Waals surface area contributed by atoms with E-state index < -0.39 is 92.3 Å². The summed E-state index contributed by atoms with van der Waals surface area (Å²) in [4.78, 5) is 119. The van der Waals surface area contributed by atoms with Gasteiger partial charge in [0.25, 0.3) is 11.5 Å². The number of rotatable bonds is 59. The number of esters is 2. The first-order valence-electron chi connectivity index (χ1n) is 36.7. The lowest BCUT2D eigenvalue weighted by Crippen LogP contribution is -2.19. The van der Waals surface area contributed by atoms with Crippen LogP contribution >= 0.6 is 0 Å². The Labute approximate surface area is 551 Å². The predicted octanol–water partition coefficient (Wildman–Crippen LogP) is 21.8. The van der Waals surface area contributed by atoms with Crippen LogP contribution in [0.25, 0.3) is 22.3 Å². The summed E-state index contributed by atoms with van der Waals surface area (Å²) in [5.74, 6) is -9.61. The van der Waals surface area contributed by atoms with Crippen LogP contribution in [0.3, 0.4) is 0 Å². The summed E-state index contributed by atoms with van der Waals surface area (Å²) < 4.78 is 18.9. The number of hydrogen-bond donors (Lipinski definition) is 2. The first-order valence-corrected chi connectivity index (χ1v) is 36.7. The lowest BCUT2D eigenvalue weighted by Gasteiger charge is -2.19. The van der Waals surface area contributed by atoms with E-state index in [0.717, 1.165) is 192 Å². The van der Waals surface area contributed by atoms with Gasteiger partial charge in [0.15, 0.2) is 22.8 Å². The molecule has 3 rings (SSSR count). The second-order valence-electron chi connectivity index (χ2n) is 25.3. The van der Waals surface area contributed by atoms with E-state index in [1.165, 1.54) is 70.3 Å². The standard InChI is InChI=1S/C75H120O17/c1-6-11-16-21-26-31-36-41-46-51-62(78)84-73-70-67(68(83)72(69(86-70)59-56-57-60(76)61(77)58-59)91-88-65(81)54-49-44-39-34-29-24-19-14-9-4)71(90-87-64(80)53-48-43-38-33-28-23-18-13-8-3)74(85-63(79)52-47-42-37-32-27-22-17-12-7-2)75(73)92-89-66(82)55-50-45-40-35-30-25-20-15-10-5/h56-58,76-77H,6-55H2,1-5H3. The predicted molar refractivity (Wildman–Crippen MR) is 362 cm³/mol. The second-order valence-corrected chi connectivity index (χ2v) is 25.3. The maximum absolute atomic E-state index is 15.6. The largest absolute Gasteiger partial charge is 0.504 e. The maximum Gasteiger partial charge on any atom is 0.355 e. The molecule has 0 amide bonds. The normalized spacial score (nSPS) is 11.2. The highest BCUT2D eigenvalue weighted by atomic mass is 17.2. The fraction of sp³-hybridized carbons (Fsp3) is 0.733. The van der Waals surface area contributed by atoms with Crippen molar-refractivity contribution in [1.29, 1.82) is 0 Å². The average Bonchev–Trinajstić information content (AvgIpc) is 0.736. The summed E-state index contributed by atoms with van der Waals surface area (Å²) in [7, 11) is 0. The number of aromatic hydroxyl groups is 2. The van der Waals surface area contributed by atoms with Crippen molar-refractivity contribution >= 4 is 40.8 Å². The summed E-state index contributed by atoms with van der Waals surface area (Å²) in [6.45, 7) is 10.9. The fourth-order valence-electron chi connectivity index (χ4n) is 11.2. The van der Waals surface area contributed by atoms with Gasteiger partial charge in [-0.2, -0.15) is 0 Å². The van der Waals surface area contributed by atoms with Gasteiger partial charge in [0, 0.05) is 18.4 Å². The Morgan fingerprint density at radius 2 is 0.609 bits per heavy atom. The molecule has 92 heavy (non-hydrogen) atoms. The van der Waals surface area contributed by atoms with Gasteiger partial charge in [-0.05, 0) is 50.3 Å². The number of phenolic OH excluding ortho intramolecular Hbond substituents is 2. The van der Waals surface area contributed by atoms with E-state index in [4.69, 9.17) is 43.2 Å². The van der Waals surface area contributed by atoms with Crippen molar-refractivity contribution in [2.45, 2.75) is 356 Å². The Bertz CT molecular complexity index is 2550. The van der Waals surface area contributed by atoms with Crippen LogP contribution in [0, 0.1) is 0 Å². The van der Waals surface area contributed by atoms with Crippen LogP contribution in [0.5, 0.6) is 40.2 Å².